The van der Waals surface area contributed by atoms with Gasteiger partial charge in [-0.3, -0.25) is 14.9 Å². The van der Waals surface area contributed by atoms with Crippen LogP contribution >= 0.6 is 11.3 Å². The van der Waals surface area contributed by atoms with E-state index >= 15 is 0 Å². The second kappa shape index (κ2) is 16.1. The van der Waals surface area contributed by atoms with Crippen LogP contribution in [-0.4, -0.2) is 77.4 Å². The molecular weight excluding hydrogens is 675 g/mol. The molecule has 3 aromatic heterocycles. The van der Waals surface area contributed by atoms with Gasteiger partial charge in [-0.15, -0.1) is 0 Å². The molecule has 0 saturated carbocycles. The molecule has 12 heteroatoms. The predicted octanol–water partition coefficient (Wildman–Crippen LogP) is 6.73. The number of hydrogen-bond donors (Lipinski definition) is 1. The van der Waals surface area contributed by atoms with Crippen molar-refractivity contribution in [2.24, 2.45) is 0 Å². The number of amides is 1. The number of aryl methyl sites for hydroxylation is 1. The Morgan fingerprint density at radius 2 is 1.73 bits per heavy atom. The van der Waals surface area contributed by atoms with Crippen molar-refractivity contribution in [2.75, 3.05) is 50.6 Å². The molecule has 0 aliphatic carbocycles. The van der Waals surface area contributed by atoms with Gasteiger partial charge < -0.3 is 19.3 Å². The van der Waals surface area contributed by atoms with E-state index in [1.165, 1.54) is 11.3 Å². The van der Waals surface area contributed by atoms with E-state index in [-0.39, 0.29) is 5.91 Å². The topological polar surface area (TPSA) is 123 Å². The van der Waals surface area contributed by atoms with Crippen LogP contribution < -0.4 is 19.7 Å². The van der Waals surface area contributed by atoms with Crippen LogP contribution in [0.2, 0.25) is 0 Å². The van der Waals surface area contributed by atoms with Crippen LogP contribution in [0.25, 0.3) is 21.6 Å². The molecular formula is C40H39N7O4S. The molecule has 1 amide bonds. The van der Waals surface area contributed by atoms with E-state index in [2.05, 4.69) is 36.1 Å². The van der Waals surface area contributed by atoms with E-state index in [0.29, 0.717) is 66.4 Å². The highest BCUT2D eigenvalue weighted by atomic mass is 32.1. The number of fused-ring (bicyclic) bond motifs is 2. The van der Waals surface area contributed by atoms with Crippen LogP contribution in [0.5, 0.6) is 11.5 Å². The Morgan fingerprint density at radius 1 is 0.923 bits per heavy atom. The summed E-state index contributed by atoms with van der Waals surface area (Å²) in [5.41, 5.74) is 5.75. The maximum Gasteiger partial charge on any atom is 0.257 e. The van der Waals surface area contributed by atoms with Gasteiger partial charge in [0, 0.05) is 30.8 Å². The number of para-hydroxylation sites is 1. The Hall–Kier alpha value is -5.72. The number of rotatable bonds is 14. The minimum absolute atomic E-state index is 0.186. The lowest BCUT2D eigenvalue weighted by Gasteiger charge is -2.31. The molecule has 264 valence electrons. The lowest BCUT2D eigenvalue weighted by molar-refractivity contribution is 0.102. The molecule has 11 nitrogen and oxygen atoms in total. The fraction of sp³-hybridized carbons (Fsp3) is 0.250. The van der Waals surface area contributed by atoms with E-state index in [1.807, 2.05) is 86.9 Å². The molecule has 0 spiro atoms. The third-order valence-electron chi connectivity index (χ3n) is 8.87. The zero-order valence-electron chi connectivity index (χ0n) is 29.1. The van der Waals surface area contributed by atoms with Gasteiger partial charge in [-0.05, 0) is 98.6 Å². The van der Waals surface area contributed by atoms with Gasteiger partial charge in [0.2, 0.25) is 0 Å². The summed E-state index contributed by atoms with van der Waals surface area (Å²) >= 11 is 1.46. The summed E-state index contributed by atoms with van der Waals surface area (Å²) in [4.78, 5) is 47.9. The Bertz CT molecular complexity index is 2140. The summed E-state index contributed by atoms with van der Waals surface area (Å²) in [6.45, 7) is 3.12. The quantitative estimate of drug-likeness (QED) is 0.0961. The maximum absolute atomic E-state index is 13.4. The first kappa shape index (κ1) is 34.7. The average molecular weight is 714 g/mol. The van der Waals surface area contributed by atoms with E-state index in [9.17, 15) is 9.59 Å². The largest absolute Gasteiger partial charge is 0.494 e. The highest BCUT2D eigenvalue weighted by molar-refractivity contribution is 7.22. The number of pyridine rings is 1. The van der Waals surface area contributed by atoms with Gasteiger partial charge in [0.1, 0.15) is 23.9 Å². The van der Waals surface area contributed by atoms with Gasteiger partial charge in [0.05, 0.1) is 29.2 Å². The highest BCUT2D eigenvalue weighted by Crippen LogP contribution is 2.30. The molecule has 1 aliphatic rings. The number of ether oxygens (including phenoxy) is 2. The SMILES string of the molecule is CN(C)CCOc1cnc(-c2ccc(OCCCc3ccc(N4CCc5cccc(C(=O)Nc6nc7ccccc7s6)c5C4)nc3C=O)cc2)nc1. The van der Waals surface area contributed by atoms with Crippen LogP contribution in [0, 0.1) is 0 Å². The number of benzene rings is 3. The highest BCUT2D eigenvalue weighted by Gasteiger charge is 2.24. The smallest absolute Gasteiger partial charge is 0.257 e. The van der Waals surface area contributed by atoms with Crippen LogP contribution in [0.4, 0.5) is 10.9 Å². The normalized spacial score (nSPS) is 12.5. The summed E-state index contributed by atoms with van der Waals surface area (Å²) in [6, 6.07) is 25.3. The summed E-state index contributed by atoms with van der Waals surface area (Å²) < 4.78 is 12.7. The summed E-state index contributed by atoms with van der Waals surface area (Å²) in [6.07, 6.45) is 6.32. The fourth-order valence-electron chi connectivity index (χ4n) is 6.10. The van der Waals surface area contributed by atoms with Crippen molar-refractivity contribution >= 4 is 44.7 Å². The molecule has 1 aliphatic heterocycles. The second-order valence-electron chi connectivity index (χ2n) is 12.8. The zero-order valence-corrected chi connectivity index (χ0v) is 29.9. The fourth-order valence-corrected chi connectivity index (χ4v) is 6.96. The van der Waals surface area contributed by atoms with Crippen molar-refractivity contribution in [2.45, 2.75) is 25.8 Å². The van der Waals surface area contributed by atoms with Gasteiger partial charge >= 0.3 is 0 Å². The number of thiazole rings is 1. The summed E-state index contributed by atoms with van der Waals surface area (Å²) in [5, 5.41) is 3.57. The first-order valence-corrected chi connectivity index (χ1v) is 18.1. The molecule has 4 heterocycles. The molecule has 7 rings (SSSR count). The van der Waals surface area contributed by atoms with Crippen molar-refractivity contribution < 1.29 is 19.1 Å². The van der Waals surface area contributed by atoms with Crippen LogP contribution in [-0.2, 0) is 19.4 Å². The molecule has 0 saturated heterocycles. The number of carbonyl (C=O) groups excluding carboxylic acids is 2. The van der Waals surface area contributed by atoms with Crippen LogP contribution in [0.15, 0.2) is 91.3 Å². The first-order chi connectivity index (χ1) is 25.4. The van der Waals surface area contributed by atoms with E-state index in [0.717, 1.165) is 64.0 Å². The zero-order chi connectivity index (χ0) is 35.9. The predicted molar refractivity (Wildman–Crippen MR) is 204 cm³/mol. The first-order valence-electron chi connectivity index (χ1n) is 17.2. The van der Waals surface area contributed by atoms with Gasteiger partial charge in [0.15, 0.2) is 23.0 Å². The molecule has 0 unspecified atom stereocenters. The maximum atomic E-state index is 13.4. The Kier molecular flexibility index (Phi) is 10.7. The minimum atomic E-state index is -0.186. The molecule has 3 aromatic carbocycles. The number of nitrogens with one attached hydrogen (secondary N) is 1. The Morgan fingerprint density at radius 3 is 2.52 bits per heavy atom. The van der Waals surface area contributed by atoms with Crippen LogP contribution in [0.1, 0.15) is 44.0 Å². The summed E-state index contributed by atoms with van der Waals surface area (Å²) in [7, 11) is 4.00. The van der Waals surface area contributed by atoms with Crippen molar-refractivity contribution in [1.82, 2.24) is 24.8 Å². The molecule has 0 bridgehead atoms. The number of aromatic nitrogens is 4. The molecule has 6 aromatic rings. The van der Waals surface area contributed by atoms with Gasteiger partial charge in [-0.2, -0.15) is 0 Å². The third-order valence-corrected chi connectivity index (χ3v) is 9.82. The van der Waals surface area contributed by atoms with Gasteiger partial charge in [-0.1, -0.05) is 41.7 Å². The second-order valence-corrected chi connectivity index (χ2v) is 13.8. The van der Waals surface area contributed by atoms with Crippen molar-refractivity contribution in [1.29, 1.82) is 0 Å². The number of likely N-dealkylation sites (N-methyl/N-ethyl adjacent to an activating group) is 1. The van der Waals surface area contributed by atoms with E-state index in [1.54, 1.807) is 12.4 Å². The standard InChI is InChI=1S/C40H39N7O4S/c1-46(2)20-22-51-31-23-41-38(42-24-31)29-12-15-30(16-13-29)50-21-6-8-28-14-17-37(43-35(28)26-48)47-19-18-27-7-5-9-32(33(27)25-47)39(49)45-40-44-34-10-3-4-11-36(34)52-40/h3-5,7,9-17,23-24,26H,6,8,18-22,25H2,1-2H3,(H,44,45,49). The van der Waals surface area contributed by atoms with Gasteiger partial charge in [0.25, 0.3) is 5.91 Å². The lowest BCUT2D eigenvalue weighted by Crippen LogP contribution is -2.33. The molecule has 52 heavy (non-hydrogen) atoms. The number of carbonyl (C=O) groups is 2. The molecule has 0 fully saturated rings. The van der Waals surface area contributed by atoms with Gasteiger partial charge in [-0.25, -0.2) is 19.9 Å². The number of aldehydes is 1. The number of hydrogen-bond acceptors (Lipinski definition) is 11. The molecule has 0 atom stereocenters. The van der Waals surface area contributed by atoms with E-state index < -0.39 is 0 Å². The third kappa shape index (κ3) is 8.25. The average Bonchev–Trinajstić information content (AvgIpc) is 3.59. The van der Waals surface area contributed by atoms with E-state index in [4.69, 9.17) is 14.5 Å². The van der Waals surface area contributed by atoms with Crippen molar-refractivity contribution in [3.05, 3.63) is 119 Å². The Balaban J connectivity index is 0.927. The molecule has 1 N–H and O–H groups in total. The van der Waals surface area contributed by atoms with Crippen molar-refractivity contribution in [3.8, 4) is 22.9 Å². The number of nitrogens with zero attached hydrogens (tertiary/aromatic N) is 6. The number of anilines is 2. The van der Waals surface area contributed by atoms with Crippen LogP contribution in [0.3, 0.4) is 0 Å². The lowest BCUT2D eigenvalue weighted by atomic mass is 9.94. The molecule has 0 radical (unpaired) electrons. The Labute approximate surface area is 306 Å². The summed E-state index contributed by atoms with van der Waals surface area (Å²) in [5.74, 6) is 2.53. The minimum Gasteiger partial charge on any atom is -0.494 e. The van der Waals surface area contributed by atoms with Crippen molar-refractivity contribution in [3.63, 3.8) is 0 Å². The monoisotopic (exact) mass is 713 g/mol.